The quantitative estimate of drug-likeness (QED) is 0.732. The van der Waals surface area contributed by atoms with Gasteiger partial charge in [0.05, 0.1) is 5.01 Å². The maximum absolute atomic E-state index is 12.0. The normalized spacial score (nSPS) is 17.5. The summed E-state index contributed by atoms with van der Waals surface area (Å²) in [7, 11) is 2.08. The van der Waals surface area contributed by atoms with Gasteiger partial charge in [0.1, 0.15) is 5.60 Å². The third-order valence-corrected chi connectivity index (χ3v) is 4.21. The van der Waals surface area contributed by atoms with Gasteiger partial charge in [0.2, 0.25) is 0 Å². The molecule has 104 valence electrons. The third-order valence-electron chi connectivity index (χ3n) is 3.14. The third kappa shape index (κ3) is 3.96. The number of rotatable bonds is 1. The standard InChI is InChI=1S/C13H21BN2O2S/c1-13(2,3)18-12(17)16-6-4-9(5-7-16)11-15-8-10(14)19-11/h8-9H,4-7,14H2,1-3H3. The van der Waals surface area contributed by atoms with Crippen LogP contribution in [0.1, 0.15) is 44.5 Å². The molecule has 0 bridgehead atoms. The van der Waals surface area contributed by atoms with Crippen LogP contribution in [0, 0.1) is 0 Å². The number of carbonyl (C=O) groups excluding carboxylic acids is 1. The van der Waals surface area contributed by atoms with Crippen LogP contribution in [0.4, 0.5) is 4.79 Å². The van der Waals surface area contributed by atoms with Crippen LogP contribution in [0.25, 0.3) is 0 Å². The van der Waals surface area contributed by atoms with Gasteiger partial charge in [-0.05, 0) is 38.4 Å². The molecule has 0 spiro atoms. The van der Waals surface area contributed by atoms with E-state index in [1.165, 1.54) is 9.78 Å². The van der Waals surface area contributed by atoms with Gasteiger partial charge in [-0.15, -0.1) is 11.3 Å². The molecular formula is C13H21BN2O2S. The molecule has 1 aromatic heterocycles. The largest absolute Gasteiger partial charge is 0.444 e. The van der Waals surface area contributed by atoms with Crippen molar-refractivity contribution in [3.8, 4) is 0 Å². The summed E-state index contributed by atoms with van der Waals surface area (Å²) in [6.07, 6.45) is 3.69. The average Bonchev–Trinajstić information content (AvgIpc) is 2.74. The van der Waals surface area contributed by atoms with E-state index in [2.05, 4.69) is 12.8 Å². The molecule has 1 aromatic rings. The second kappa shape index (κ2) is 5.53. The number of hydrogen-bond acceptors (Lipinski definition) is 4. The predicted molar refractivity (Wildman–Crippen MR) is 80.1 cm³/mol. The summed E-state index contributed by atoms with van der Waals surface area (Å²) in [5.74, 6) is 0.498. The fourth-order valence-corrected chi connectivity index (χ4v) is 3.14. The number of hydrogen-bond donors (Lipinski definition) is 0. The first-order chi connectivity index (χ1) is 8.85. The molecule has 1 amide bonds. The van der Waals surface area contributed by atoms with Crippen LogP contribution in [0.3, 0.4) is 0 Å². The Morgan fingerprint density at radius 2 is 2.11 bits per heavy atom. The zero-order valence-electron chi connectivity index (χ0n) is 12.1. The number of carbonyl (C=O) groups is 1. The second-order valence-corrected chi connectivity index (χ2v) is 7.32. The molecule has 0 atom stereocenters. The topological polar surface area (TPSA) is 42.4 Å². The van der Waals surface area contributed by atoms with Gasteiger partial charge in [-0.2, -0.15) is 0 Å². The monoisotopic (exact) mass is 280 g/mol. The lowest BCUT2D eigenvalue weighted by atomic mass is 9.98. The van der Waals surface area contributed by atoms with Crippen LogP contribution < -0.4 is 4.78 Å². The van der Waals surface area contributed by atoms with E-state index < -0.39 is 5.60 Å². The molecule has 2 heterocycles. The molecule has 1 fully saturated rings. The fraction of sp³-hybridized carbons (Fsp3) is 0.692. The molecule has 6 heteroatoms. The smallest absolute Gasteiger partial charge is 0.410 e. The SMILES string of the molecule is Bc1cnc(C2CCN(C(=O)OC(C)(C)C)CC2)s1. The first-order valence-corrected chi connectivity index (χ1v) is 7.57. The van der Waals surface area contributed by atoms with Crippen molar-refractivity contribution in [1.82, 2.24) is 9.88 Å². The first-order valence-electron chi connectivity index (χ1n) is 6.75. The highest BCUT2D eigenvalue weighted by molar-refractivity contribution is 7.19. The summed E-state index contributed by atoms with van der Waals surface area (Å²) in [6.45, 7) is 7.22. The summed E-state index contributed by atoms with van der Waals surface area (Å²) in [5, 5.41) is 1.21. The van der Waals surface area contributed by atoms with Gasteiger partial charge < -0.3 is 9.64 Å². The van der Waals surface area contributed by atoms with E-state index in [0.29, 0.717) is 5.92 Å². The maximum Gasteiger partial charge on any atom is 0.410 e. The number of nitrogens with zero attached hydrogens (tertiary/aromatic N) is 2. The number of amides is 1. The maximum atomic E-state index is 12.0. The molecule has 0 saturated carbocycles. The molecular weight excluding hydrogens is 259 g/mol. The van der Waals surface area contributed by atoms with Gasteiger partial charge in [0.25, 0.3) is 0 Å². The minimum absolute atomic E-state index is 0.193. The lowest BCUT2D eigenvalue weighted by Gasteiger charge is -2.32. The van der Waals surface area contributed by atoms with Crippen molar-refractivity contribution in [3.05, 3.63) is 11.2 Å². The van der Waals surface area contributed by atoms with Gasteiger partial charge in [-0.1, -0.05) is 0 Å². The number of likely N-dealkylation sites (tertiary alicyclic amines) is 1. The van der Waals surface area contributed by atoms with Crippen LogP contribution >= 0.6 is 11.3 Å². The Morgan fingerprint density at radius 1 is 1.47 bits per heavy atom. The molecule has 1 saturated heterocycles. The minimum Gasteiger partial charge on any atom is -0.444 e. The van der Waals surface area contributed by atoms with Crippen LogP contribution in [0.2, 0.25) is 0 Å². The Bertz CT molecular complexity index is 448. The van der Waals surface area contributed by atoms with Crippen LogP contribution in [-0.2, 0) is 4.74 Å². The van der Waals surface area contributed by atoms with Gasteiger partial charge >= 0.3 is 6.09 Å². The van der Waals surface area contributed by atoms with Crippen molar-refractivity contribution in [2.75, 3.05) is 13.1 Å². The van der Waals surface area contributed by atoms with E-state index in [1.54, 1.807) is 11.3 Å². The lowest BCUT2D eigenvalue weighted by molar-refractivity contribution is 0.0205. The molecule has 1 aliphatic heterocycles. The molecule has 0 aliphatic carbocycles. The molecule has 1 aliphatic rings. The Labute approximate surface area is 119 Å². The highest BCUT2D eigenvalue weighted by Crippen LogP contribution is 2.29. The highest BCUT2D eigenvalue weighted by Gasteiger charge is 2.28. The van der Waals surface area contributed by atoms with Gasteiger partial charge in [0.15, 0.2) is 7.85 Å². The molecule has 2 rings (SSSR count). The van der Waals surface area contributed by atoms with Crippen molar-refractivity contribution in [2.45, 2.75) is 45.1 Å². The van der Waals surface area contributed by atoms with Crippen molar-refractivity contribution in [1.29, 1.82) is 0 Å². The van der Waals surface area contributed by atoms with Crippen molar-refractivity contribution >= 4 is 30.1 Å². The molecule has 0 radical (unpaired) electrons. The molecule has 0 aromatic carbocycles. The van der Waals surface area contributed by atoms with E-state index in [1.807, 2.05) is 31.9 Å². The highest BCUT2D eigenvalue weighted by atomic mass is 32.1. The summed E-state index contributed by atoms with van der Waals surface area (Å²) in [6, 6.07) is 0. The first kappa shape index (κ1) is 14.4. The average molecular weight is 280 g/mol. The van der Waals surface area contributed by atoms with Crippen LogP contribution in [0.5, 0.6) is 0 Å². The fourth-order valence-electron chi connectivity index (χ4n) is 2.20. The van der Waals surface area contributed by atoms with E-state index in [9.17, 15) is 4.79 Å². The number of piperidine rings is 1. The van der Waals surface area contributed by atoms with Gasteiger partial charge in [-0.3, -0.25) is 4.98 Å². The van der Waals surface area contributed by atoms with Gasteiger partial charge in [-0.25, -0.2) is 4.79 Å². The summed E-state index contributed by atoms with van der Waals surface area (Å²) in [5.41, 5.74) is -0.416. The molecule has 0 N–H and O–H groups in total. The van der Waals surface area contributed by atoms with E-state index in [4.69, 9.17) is 4.74 Å². The molecule has 4 nitrogen and oxygen atoms in total. The van der Waals surface area contributed by atoms with Crippen molar-refractivity contribution in [3.63, 3.8) is 0 Å². The van der Waals surface area contributed by atoms with Crippen LogP contribution in [0.15, 0.2) is 6.20 Å². The number of ether oxygens (including phenoxy) is 1. The van der Waals surface area contributed by atoms with Crippen molar-refractivity contribution in [2.24, 2.45) is 0 Å². The Hall–Kier alpha value is -1.04. The molecule has 0 unspecified atom stereocenters. The van der Waals surface area contributed by atoms with Gasteiger partial charge in [0, 0.05) is 25.2 Å². The Balaban J connectivity index is 1.87. The summed E-state index contributed by atoms with van der Waals surface area (Å²) >= 11 is 1.77. The number of thiazole rings is 1. The van der Waals surface area contributed by atoms with E-state index in [-0.39, 0.29) is 6.09 Å². The number of aromatic nitrogens is 1. The van der Waals surface area contributed by atoms with Crippen LogP contribution in [-0.4, -0.2) is 42.5 Å². The van der Waals surface area contributed by atoms with Crippen molar-refractivity contribution < 1.29 is 9.53 Å². The Morgan fingerprint density at radius 3 is 2.58 bits per heavy atom. The predicted octanol–water partition coefficient (Wildman–Crippen LogP) is 1.52. The van der Waals surface area contributed by atoms with E-state index >= 15 is 0 Å². The summed E-state index contributed by atoms with van der Waals surface area (Å²) < 4.78 is 6.65. The zero-order valence-corrected chi connectivity index (χ0v) is 12.9. The lowest BCUT2D eigenvalue weighted by Crippen LogP contribution is -2.41. The minimum atomic E-state index is -0.416. The molecule has 19 heavy (non-hydrogen) atoms. The second-order valence-electron chi connectivity index (χ2n) is 6.05. The zero-order chi connectivity index (χ0) is 14.0. The Kier molecular flexibility index (Phi) is 4.18. The van der Waals surface area contributed by atoms with E-state index in [0.717, 1.165) is 25.9 Å². The summed E-state index contributed by atoms with van der Waals surface area (Å²) in [4.78, 5) is 18.2.